The van der Waals surface area contributed by atoms with E-state index in [2.05, 4.69) is 4.98 Å². The minimum Gasteiger partial charge on any atom is -0.229 e. The molecule has 1 aromatic heterocycles. The van der Waals surface area contributed by atoms with Crippen molar-refractivity contribution in [3.05, 3.63) is 52.2 Å². The summed E-state index contributed by atoms with van der Waals surface area (Å²) in [6, 6.07) is 9.63. The molecular weight excluding hydrogens is 335 g/mol. The number of halogens is 4. The van der Waals surface area contributed by atoms with Gasteiger partial charge < -0.3 is 0 Å². The predicted octanol–water partition coefficient (Wildman–Crippen LogP) is 4.65. The summed E-state index contributed by atoms with van der Waals surface area (Å²) in [5.41, 5.74) is -1.45. The van der Waals surface area contributed by atoms with Gasteiger partial charge in [0.2, 0.25) is 0 Å². The molecule has 0 atom stereocenters. The van der Waals surface area contributed by atoms with E-state index in [9.17, 15) is 13.2 Å². The molecule has 1 aromatic carbocycles. The highest BCUT2D eigenvalue weighted by Crippen LogP contribution is 2.36. The fraction of sp³-hybridized carbons (Fsp3) is 0.0714. The van der Waals surface area contributed by atoms with Crippen molar-refractivity contribution in [2.45, 2.75) is 16.1 Å². The molecule has 8 heteroatoms. The zero-order valence-corrected chi connectivity index (χ0v) is 12.2. The standard InChI is InChI=1S/C14H5ClF3N3S/c15-11-3-4-13(21-12(11)7-20)22-9-2-1-8(6-19)10(5-9)14(16,17)18/h1-5H. The number of pyridine rings is 1. The fourth-order valence-electron chi connectivity index (χ4n) is 1.60. The molecule has 2 aromatic rings. The number of alkyl halides is 3. The summed E-state index contributed by atoms with van der Waals surface area (Å²) in [6.07, 6.45) is -4.62. The SMILES string of the molecule is N#Cc1ccc(Sc2ccc(Cl)c(C#N)n2)cc1C(F)(F)F. The van der Waals surface area contributed by atoms with E-state index >= 15 is 0 Å². The lowest BCUT2D eigenvalue weighted by atomic mass is 10.1. The van der Waals surface area contributed by atoms with Gasteiger partial charge in [0.25, 0.3) is 0 Å². The van der Waals surface area contributed by atoms with Crippen molar-refractivity contribution in [2.75, 3.05) is 0 Å². The zero-order chi connectivity index (χ0) is 16.3. The molecule has 0 amide bonds. The van der Waals surface area contributed by atoms with Crippen LogP contribution in [0.3, 0.4) is 0 Å². The smallest absolute Gasteiger partial charge is 0.229 e. The molecule has 0 saturated carbocycles. The number of hydrogen-bond acceptors (Lipinski definition) is 4. The van der Waals surface area contributed by atoms with Crippen LogP contribution in [-0.2, 0) is 6.18 Å². The van der Waals surface area contributed by atoms with E-state index in [1.807, 2.05) is 0 Å². The third-order valence-electron chi connectivity index (χ3n) is 2.57. The third kappa shape index (κ3) is 3.51. The highest BCUT2D eigenvalue weighted by Gasteiger charge is 2.33. The Morgan fingerprint density at radius 2 is 1.82 bits per heavy atom. The zero-order valence-electron chi connectivity index (χ0n) is 10.6. The molecule has 110 valence electrons. The van der Waals surface area contributed by atoms with Crippen LogP contribution in [-0.4, -0.2) is 4.98 Å². The monoisotopic (exact) mass is 339 g/mol. The summed E-state index contributed by atoms with van der Waals surface area (Å²) in [7, 11) is 0. The van der Waals surface area contributed by atoms with E-state index in [0.29, 0.717) is 5.03 Å². The highest BCUT2D eigenvalue weighted by atomic mass is 35.5. The molecule has 2 rings (SSSR count). The number of nitriles is 2. The summed E-state index contributed by atoms with van der Waals surface area (Å²) in [5, 5.41) is 18.1. The van der Waals surface area contributed by atoms with Crippen LogP contribution in [0, 0.1) is 22.7 Å². The Hall–Kier alpha value is -2.22. The van der Waals surface area contributed by atoms with Crippen LogP contribution >= 0.6 is 23.4 Å². The number of aromatic nitrogens is 1. The fourth-order valence-corrected chi connectivity index (χ4v) is 2.57. The summed E-state index contributed by atoms with van der Waals surface area (Å²) in [5.74, 6) is 0. The maximum atomic E-state index is 12.9. The molecular formula is C14H5ClF3N3S. The van der Waals surface area contributed by atoms with Crippen molar-refractivity contribution in [3.63, 3.8) is 0 Å². The second-order valence-corrected chi connectivity index (χ2v) is 5.51. The van der Waals surface area contributed by atoms with Gasteiger partial charge in [0.05, 0.1) is 22.2 Å². The van der Waals surface area contributed by atoms with Gasteiger partial charge in [-0.3, -0.25) is 0 Å². The quantitative estimate of drug-likeness (QED) is 0.799. The van der Waals surface area contributed by atoms with Crippen molar-refractivity contribution >= 4 is 23.4 Å². The summed E-state index contributed by atoms with van der Waals surface area (Å²) >= 11 is 6.69. The number of hydrogen-bond donors (Lipinski definition) is 0. The first-order chi connectivity index (χ1) is 10.3. The first kappa shape index (κ1) is 16.2. The topological polar surface area (TPSA) is 60.5 Å². The maximum Gasteiger partial charge on any atom is 0.417 e. The first-order valence-electron chi connectivity index (χ1n) is 5.71. The highest BCUT2D eigenvalue weighted by molar-refractivity contribution is 7.99. The van der Waals surface area contributed by atoms with Gasteiger partial charge >= 0.3 is 6.18 Å². The molecule has 22 heavy (non-hydrogen) atoms. The Balaban J connectivity index is 2.39. The van der Waals surface area contributed by atoms with Gasteiger partial charge in [0, 0.05) is 4.90 Å². The molecule has 0 fully saturated rings. The van der Waals surface area contributed by atoms with E-state index in [1.165, 1.54) is 24.3 Å². The minimum absolute atomic E-state index is 0.00337. The molecule has 0 aliphatic carbocycles. The average Bonchev–Trinajstić information content (AvgIpc) is 2.48. The van der Waals surface area contributed by atoms with Gasteiger partial charge in [-0.15, -0.1) is 0 Å². The molecule has 0 saturated heterocycles. The van der Waals surface area contributed by atoms with E-state index in [-0.39, 0.29) is 15.6 Å². The Morgan fingerprint density at radius 1 is 1.09 bits per heavy atom. The van der Waals surface area contributed by atoms with Crippen LogP contribution in [0.4, 0.5) is 13.2 Å². The van der Waals surface area contributed by atoms with Crippen LogP contribution in [0.25, 0.3) is 0 Å². The molecule has 0 N–H and O–H groups in total. The summed E-state index contributed by atoms with van der Waals surface area (Å²) < 4.78 is 38.7. The van der Waals surface area contributed by atoms with E-state index in [4.69, 9.17) is 22.1 Å². The van der Waals surface area contributed by atoms with Gasteiger partial charge in [-0.25, -0.2) is 4.98 Å². The Labute approximate surface area is 133 Å². The van der Waals surface area contributed by atoms with Gasteiger partial charge in [0.15, 0.2) is 5.69 Å². The van der Waals surface area contributed by atoms with Crippen molar-refractivity contribution in [3.8, 4) is 12.1 Å². The van der Waals surface area contributed by atoms with Crippen molar-refractivity contribution in [2.24, 2.45) is 0 Å². The molecule has 3 nitrogen and oxygen atoms in total. The van der Waals surface area contributed by atoms with Crippen LogP contribution in [0.5, 0.6) is 0 Å². The average molecular weight is 340 g/mol. The molecule has 0 bridgehead atoms. The molecule has 0 aliphatic heterocycles. The lowest BCUT2D eigenvalue weighted by molar-refractivity contribution is -0.137. The molecule has 0 aliphatic rings. The second kappa shape index (κ2) is 6.27. The third-order valence-corrected chi connectivity index (χ3v) is 3.80. The van der Waals surface area contributed by atoms with Crippen molar-refractivity contribution < 1.29 is 13.2 Å². The molecule has 0 radical (unpaired) electrons. The van der Waals surface area contributed by atoms with E-state index in [1.54, 1.807) is 6.07 Å². The van der Waals surface area contributed by atoms with Crippen LogP contribution < -0.4 is 0 Å². The first-order valence-corrected chi connectivity index (χ1v) is 6.90. The Morgan fingerprint density at radius 3 is 2.41 bits per heavy atom. The minimum atomic E-state index is -4.62. The van der Waals surface area contributed by atoms with Gasteiger partial charge in [0.1, 0.15) is 11.1 Å². The number of benzene rings is 1. The van der Waals surface area contributed by atoms with Crippen LogP contribution in [0.15, 0.2) is 40.3 Å². The van der Waals surface area contributed by atoms with Gasteiger partial charge in [-0.2, -0.15) is 23.7 Å². The van der Waals surface area contributed by atoms with E-state index in [0.717, 1.165) is 23.9 Å². The predicted molar refractivity (Wildman–Crippen MR) is 74.2 cm³/mol. The molecule has 0 unspecified atom stereocenters. The van der Waals surface area contributed by atoms with Crippen molar-refractivity contribution in [1.29, 1.82) is 10.5 Å². The summed E-state index contributed by atoms with van der Waals surface area (Å²) in [4.78, 5) is 4.20. The molecule has 1 heterocycles. The largest absolute Gasteiger partial charge is 0.417 e. The lowest BCUT2D eigenvalue weighted by Gasteiger charge is -2.10. The normalized spacial score (nSPS) is 10.8. The lowest BCUT2D eigenvalue weighted by Crippen LogP contribution is -2.07. The van der Waals surface area contributed by atoms with Crippen molar-refractivity contribution in [1.82, 2.24) is 4.98 Å². The van der Waals surface area contributed by atoms with Gasteiger partial charge in [-0.1, -0.05) is 23.4 Å². The molecule has 0 spiro atoms. The maximum absolute atomic E-state index is 12.9. The Kier molecular flexibility index (Phi) is 4.60. The second-order valence-electron chi connectivity index (χ2n) is 4.01. The van der Waals surface area contributed by atoms with Crippen LogP contribution in [0.1, 0.15) is 16.8 Å². The number of rotatable bonds is 2. The summed E-state index contributed by atoms with van der Waals surface area (Å²) in [6.45, 7) is 0. The Bertz CT molecular complexity index is 806. The van der Waals surface area contributed by atoms with E-state index < -0.39 is 17.3 Å². The van der Waals surface area contributed by atoms with Crippen LogP contribution in [0.2, 0.25) is 5.02 Å². The number of nitrogens with zero attached hydrogens (tertiary/aromatic N) is 3. The van der Waals surface area contributed by atoms with Gasteiger partial charge in [-0.05, 0) is 30.3 Å².